The second-order valence-corrected chi connectivity index (χ2v) is 4.95. The van der Waals surface area contributed by atoms with E-state index in [1.165, 1.54) is 19.1 Å². The summed E-state index contributed by atoms with van der Waals surface area (Å²) in [5.74, 6) is -0.0762. The zero-order valence-electron chi connectivity index (χ0n) is 10.9. The van der Waals surface area contributed by atoms with Crippen molar-refractivity contribution in [3.63, 3.8) is 0 Å². The smallest absolute Gasteiger partial charge is 0.132 e. The molecule has 0 saturated heterocycles. The summed E-state index contributed by atoms with van der Waals surface area (Å²) in [6.45, 7) is 5.52. The Labute approximate surface area is 107 Å². The molecule has 0 fully saturated rings. The molecule has 0 unspecified atom stereocenters. The van der Waals surface area contributed by atoms with Gasteiger partial charge in [-0.3, -0.25) is 0 Å². The van der Waals surface area contributed by atoms with Crippen molar-refractivity contribution < 1.29 is 14.2 Å². The van der Waals surface area contributed by atoms with Gasteiger partial charge in [-0.1, -0.05) is 0 Å². The average molecular weight is 251 g/mol. The summed E-state index contributed by atoms with van der Waals surface area (Å²) >= 11 is 0. The number of nitriles is 1. The highest BCUT2D eigenvalue weighted by Gasteiger charge is 2.16. The van der Waals surface area contributed by atoms with Gasteiger partial charge in [-0.25, -0.2) is 4.39 Å². The van der Waals surface area contributed by atoms with Crippen molar-refractivity contribution in [3.8, 4) is 11.8 Å². The standard InChI is InChI=1S/C14H18FNO2/c1-10(17)12-5-4-11(8-13(12)15)18-7-6-14(2,3)9-16/h4-5,8,10,17H,6-7H2,1-3H3/t10-/m0/s1. The lowest BCUT2D eigenvalue weighted by molar-refractivity contribution is 0.193. The first-order valence-electron chi connectivity index (χ1n) is 5.87. The molecule has 0 heterocycles. The first-order valence-corrected chi connectivity index (χ1v) is 5.87. The minimum Gasteiger partial charge on any atom is -0.493 e. The number of hydrogen-bond acceptors (Lipinski definition) is 3. The third kappa shape index (κ3) is 4.01. The van der Waals surface area contributed by atoms with Crippen molar-refractivity contribution in [2.24, 2.45) is 5.41 Å². The minimum absolute atomic E-state index is 0.250. The summed E-state index contributed by atoms with van der Waals surface area (Å²) < 4.78 is 18.9. The average Bonchev–Trinajstić information content (AvgIpc) is 2.28. The highest BCUT2D eigenvalue weighted by atomic mass is 19.1. The molecule has 98 valence electrons. The predicted octanol–water partition coefficient (Wildman–Crippen LogP) is 3.20. The number of aliphatic hydroxyl groups excluding tert-OH is 1. The molecule has 0 bridgehead atoms. The highest BCUT2D eigenvalue weighted by molar-refractivity contribution is 5.30. The van der Waals surface area contributed by atoms with Gasteiger partial charge in [-0.2, -0.15) is 5.26 Å². The number of nitrogens with zero attached hydrogens (tertiary/aromatic N) is 1. The van der Waals surface area contributed by atoms with Crippen molar-refractivity contribution >= 4 is 0 Å². The molecule has 1 atom stereocenters. The van der Waals surface area contributed by atoms with Crippen molar-refractivity contribution in [3.05, 3.63) is 29.6 Å². The van der Waals surface area contributed by atoms with E-state index in [1.807, 2.05) is 13.8 Å². The SMILES string of the molecule is C[C@H](O)c1ccc(OCCC(C)(C)C#N)cc1F. The minimum atomic E-state index is -0.837. The van der Waals surface area contributed by atoms with Crippen LogP contribution < -0.4 is 4.74 Å². The summed E-state index contributed by atoms with van der Waals surface area (Å²) in [6, 6.07) is 6.55. The van der Waals surface area contributed by atoms with Crippen molar-refractivity contribution in [1.82, 2.24) is 0 Å². The molecular weight excluding hydrogens is 233 g/mol. The van der Waals surface area contributed by atoms with Gasteiger partial charge in [0.15, 0.2) is 0 Å². The Morgan fingerprint density at radius 1 is 1.50 bits per heavy atom. The third-order valence-electron chi connectivity index (χ3n) is 2.72. The Morgan fingerprint density at radius 3 is 2.67 bits per heavy atom. The Morgan fingerprint density at radius 2 is 2.17 bits per heavy atom. The summed E-state index contributed by atoms with van der Waals surface area (Å²) in [5.41, 5.74) is -0.197. The molecule has 1 aromatic carbocycles. The summed E-state index contributed by atoms with van der Waals surface area (Å²) in [6.07, 6.45) is -0.264. The van der Waals surface area contributed by atoms with Crippen LogP contribution in [-0.4, -0.2) is 11.7 Å². The monoisotopic (exact) mass is 251 g/mol. The van der Waals surface area contributed by atoms with Crippen molar-refractivity contribution in [1.29, 1.82) is 5.26 Å². The topological polar surface area (TPSA) is 53.2 Å². The van der Waals surface area contributed by atoms with Crippen LogP contribution in [0, 0.1) is 22.6 Å². The molecule has 0 aliphatic carbocycles. The molecule has 1 N–H and O–H groups in total. The van der Waals surface area contributed by atoms with Gasteiger partial charge in [0, 0.05) is 11.6 Å². The van der Waals surface area contributed by atoms with Gasteiger partial charge in [-0.05, 0) is 39.3 Å². The maximum Gasteiger partial charge on any atom is 0.132 e. The van der Waals surface area contributed by atoms with Gasteiger partial charge in [0.1, 0.15) is 11.6 Å². The number of rotatable bonds is 5. The van der Waals surface area contributed by atoms with Crippen LogP contribution >= 0.6 is 0 Å². The Hall–Kier alpha value is -1.60. The Balaban J connectivity index is 2.60. The van der Waals surface area contributed by atoms with Crippen LogP contribution in [0.4, 0.5) is 4.39 Å². The number of ether oxygens (including phenoxy) is 1. The molecule has 4 heteroatoms. The van der Waals surface area contributed by atoms with E-state index in [-0.39, 0.29) is 5.56 Å². The number of aliphatic hydroxyl groups is 1. The lowest BCUT2D eigenvalue weighted by Gasteiger charge is -2.15. The van der Waals surface area contributed by atoms with Crippen LogP contribution in [0.25, 0.3) is 0 Å². The number of hydrogen-bond donors (Lipinski definition) is 1. The first-order chi connectivity index (χ1) is 8.35. The zero-order valence-corrected chi connectivity index (χ0v) is 10.9. The fraction of sp³-hybridized carbons (Fsp3) is 0.500. The molecule has 3 nitrogen and oxygen atoms in total. The van der Waals surface area contributed by atoms with E-state index < -0.39 is 17.3 Å². The predicted molar refractivity (Wildman–Crippen MR) is 66.5 cm³/mol. The fourth-order valence-electron chi connectivity index (χ4n) is 1.42. The van der Waals surface area contributed by atoms with Gasteiger partial charge in [0.05, 0.1) is 24.2 Å². The van der Waals surface area contributed by atoms with Crippen LogP contribution in [-0.2, 0) is 0 Å². The van der Waals surface area contributed by atoms with Crippen LogP contribution in [0.2, 0.25) is 0 Å². The zero-order chi connectivity index (χ0) is 13.8. The molecule has 1 aromatic rings. The Bertz CT molecular complexity index is 450. The maximum atomic E-state index is 13.5. The molecule has 0 aliphatic rings. The van der Waals surface area contributed by atoms with E-state index in [9.17, 15) is 9.50 Å². The van der Waals surface area contributed by atoms with Gasteiger partial charge >= 0.3 is 0 Å². The quantitative estimate of drug-likeness (QED) is 0.874. The molecule has 0 aromatic heterocycles. The lowest BCUT2D eigenvalue weighted by atomic mass is 9.92. The number of halogens is 1. The van der Waals surface area contributed by atoms with Gasteiger partial charge < -0.3 is 9.84 Å². The van der Waals surface area contributed by atoms with E-state index in [2.05, 4.69) is 6.07 Å². The molecule has 0 amide bonds. The van der Waals surface area contributed by atoms with Crippen LogP contribution in [0.1, 0.15) is 38.9 Å². The van der Waals surface area contributed by atoms with Crippen LogP contribution in [0.5, 0.6) is 5.75 Å². The van der Waals surface area contributed by atoms with Gasteiger partial charge in [0.2, 0.25) is 0 Å². The van der Waals surface area contributed by atoms with Gasteiger partial charge in [-0.15, -0.1) is 0 Å². The summed E-state index contributed by atoms with van der Waals surface area (Å²) in [4.78, 5) is 0. The van der Waals surface area contributed by atoms with E-state index in [1.54, 1.807) is 6.07 Å². The molecule has 1 rings (SSSR count). The molecule has 0 aliphatic heterocycles. The van der Waals surface area contributed by atoms with Crippen LogP contribution in [0.15, 0.2) is 18.2 Å². The highest BCUT2D eigenvalue weighted by Crippen LogP contribution is 2.23. The van der Waals surface area contributed by atoms with E-state index in [4.69, 9.17) is 10.00 Å². The normalized spacial score (nSPS) is 12.9. The molecule has 0 radical (unpaired) electrons. The largest absolute Gasteiger partial charge is 0.493 e. The van der Waals surface area contributed by atoms with Crippen molar-refractivity contribution in [2.75, 3.05) is 6.61 Å². The summed E-state index contributed by atoms with van der Waals surface area (Å²) in [5, 5.41) is 18.1. The second-order valence-electron chi connectivity index (χ2n) is 4.95. The van der Waals surface area contributed by atoms with E-state index in [0.29, 0.717) is 18.8 Å². The third-order valence-corrected chi connectivity index (χ3v) is 2.72. The maximum absolute atomic E-state index is 13.5. The first kappa shape index (κ1) is 14.5. The van der Waals surface area contributed by atoms with E-state index in [0.717, 1.165) is 0 Å². The number of benzene rings is 1. The Kier molecular flexibility index (Phi) is 4.69. The van der Waals surface area contributed by atoms with Gasteiger partial charge in [0.25, 0.3) is 0 Å². The lowest BCUT2D eigenvalue weighted by Crippen LogP contribution is -2.13. The van der Waals surface area contributed by atoms with E-state index >= 15 is 0 Å². The van der Waals surface area contributed by atoms with Crippen molar-refractivity contribution in [2.45, 2.75) is 33.3 Å². The second kappa shape index (κ2) is 5.83. The summed E-state index contributed by atoms with van der Waals surface area (Å²) in [7, 11) is 0. The molecule has 18 heavy (non-hydrogen) atoms. The fourth-order valence-corrected chi connectivity index (χ4v) is 1.42. The molecule has 0 spiro atoms. The van der Waals surface area contributed by atoms with Crippen LogP contribution in [0.3, 0.4) is 0 Å². The molecule has 0 saturated carbocycles. The molecular formula is C14H18FNO2.